The molecule has 1 heterocycles. The zero-order valence-corrected chi connectivity index (χ0v) is 26.9. The lowest BCUT2D eigenvalue weighted by atomic mass is 10.0. The SMILES string of the molecule is CCC(C)NC(=O)C(Cc1ccccc1)N(Cc1ccc(Cl)cc1)C(=O)CCCN(c1ccc2c(c1)OCCO2)S(C)(=O)=O. The first-order valence-electron chi connectivity index (χ1n) is 14.8. The Morgan fingerprint density at radius 3 is 2.30 bits per heavy atom. The van der Waals surface area contributed by atoms with Crippen LogP contribution in [0.25, 0.3) is 0 Å². The molecule has 1 N–H and O–H groups in total. The van der Waals surface area contributed by atoms with Crippen molar-refractivity contribution < 1.29 is 27.5 Å². The van der Waals surface area contributed by atoms with E-state index in [4.69, 9.17) is 21.1 Å². The van der Waals surface area contributed by atoms with Crippen LogP contribution in [0, 0.1) is 0 Å². The number of hydrogen-bond donors (Lipinski definition) is 1. The maximum absolute atomic E-state index is 14.0. The molecule has 0 saturated carbocycles. The third kappa shape index (κ3) is 9.12. The van der Waals surface area contributed by atoms with Gasteiger partial charge in [0.1, 0.15) is 19.3 Å². The van der Waals surface area contributed by atoms with Gasteiger partial charge in [-0.25, -0.2) is 8.42 Å². The molecule has 0 aromatic heterocycles. The molecule has 0 fully saturated rings. The summed E-state index contributed by atoms with van der Waals surface area (Å²) in [4.78, 5) is 29.3. The van der Waals surface area contributed by atoms with Gasteiger partial charge in [-0.05, 0) is 55.2 Å². The fourth-order valence-corrected chi connectivity index (χ4v) is 6.06. The Hall–Kier alpha value is -3.76. The molecule has 0 spiro atoms. The summed E-state index contributed by atoms with van der Waals surface area (Å²) >= 11 is 6.12. The molecule has 2 atom stereocenters. The highest BCUT2D eigenvalue weighted by Gasteiger charge is 2.31. The summed E-state index contributed by atoms with van der Waals surface area (Å²) in [6.07, 6.45) is 2.48. The van der Waals surface area contributed by atoms with Gasteiger partial charge in [0.2, 0.25) is 21.8 Å². The van der Waals surface area contributed by atoms with Crippen molar-refractivity contribution in [3.63, 3.8) is 0 Å². The van der Waals surface area contributed by atoms with Gasteiger partial charge >= 0.3 is 0 Å². The smallest absolute Gasteiger partial charge is 0.243 e. The predicted octanol–water partition coefficient (Wildman–Crippen LogP) is 5.21. The summed E-state index contributed by atoms with van der Waals surface area (Å²) in [6, 6.07) is 20.9. The number of sulfonamides is 1. The largest absolute Gasteiger partial charge is 0.486 e. The molecule has 0 radical (unpaired) electrons. The van der Waals surface area contributed by atoms with E-state index in [1.54, 1.807) is 35.2 Å². The summed E-state index contributed by atoms with van der Waals surface area (Å²) in [5, 5.41) is 3.63. The van der Waals surface area contributed by atoms with E-state index in [1.807, 2.05) is 56.3 Å². The number of hydrogen-bond acceptors (Lipinski definition) is 6. The Morgan fingerprint density at radius 2 is 1.64 bits per heavy atom. The zero-order valence-electron chi connectivity index (χ0n) is 25.4. The van der Waals surface area contributed by atoms with Crippen molar-refractivity contribution in [2.45, 2.75) is 58.2 Å². The first kappa shape index (κ1) is 33.1. The van der Waals surface area contributed by atoms with Crippen molar-refractivity contribution in [1.29, 1.82) is 0 Å². The van der Waals surface area contributed by atoms with E-state index in [0.29, 0.717) is 41.8 Å². The first-order chi connectivity index (χ1) is 21.0. The number of ether oxygens (including phenoxy) is 2. The van der Waals surface area contributed by atoms with Gasteiger partial charge in [0.25, 0.3) is 0 Å². The normalized spacial score (nSPS) is 13.9. The second-order valence-electron chi connectivity index (χ2n) is 10.9. The minimum atomic E-state index is -3.67. The van der Waals surface area contributed by atoms with Crippen LogP contribution in [0.3, 0.4) is 0 Å². The molecule has 3 aromatic rings. The Balaban J connectivity index is 1.58. The van der Waals surface area contributed by atoms with Crippen molar-refractivity contribution in [2.24, 2.45) is 0 Å². The van der Waals surface area contributed by atoms with Crippen LogP contribution in [0.5, 0.6) is 11.5 Å². The molecule has 4 rings (SSSR count). The van der Waals surface area contributed by atoms with Crippen molar-refractivity contribution >= 4 is 39.1 Å². The average Bonchev–Trinajstić information content (AvgIpc) is 3.01. The maximum atomic E-state index is 14.0. The van der Waals surface area contributed by atoms with E-state index in [-0.39, 0.29) is 43.8 Å². The molecule has 44 heavy (non-hydrogen) atoms. The highest BCUT2D eigenvalue weighted by atomic mass is 35.5. The standard InChI is InChI=1S/C33H40ClN3O6S/c1-4-24(2)35-33(39)29(21-25-9-6-5-7-10-25)36(23-26-12-14-27(34)15-13-26)32(38)11-8-18-37(44(3,40)41)28-16-17-30-31(22-28)43-20-19-42-30/h5-7,9-10,12-17,22,24,29H,4,8,11,18-21,23H2,1-3H3,(H,35,39). The number of benzene rings is 3. The minimum Gasteiger partial charge on any atom is -0.486 e. The third-order valence-electron chi connectivity index (χ3n) is 7.50. The van der Waals surface area contributed by atoms with Crippen LogP contribution in [-0.2, 0) is 32.6 Å². The zero-order chi connectivity index (χ0) is 31.7. The number of anilines is 1. The van der Waals surface area contributed by atoms with Gasteiger partial charge in [0.05, 0.1) is 11.9 Å². The summed E-state index contributed by atoms with van der Waals surface area (Å²) in [6.45, 7) is 4.99. The number of amides is 2. The van der Waals surface area contributed by atoms with Crippen LogP contribution >= 0.6 is 11.6 Å². The lowest BCUT2D eigenvalue weighted by Crippen LogP contribution is -2.52. The van der Waals surface area contributed by atoms with Gasteiger partial charge in [-0.2, -0.15) is 0 Å². The number of fused-ring (bicyclic) bond motifs is 1. The topological polar surface area (TPSA) is 105 Å². The summed E-state index contributed by atoms with van der Waals surface area (Å²) in [7, 11) is -3.67. The Morgan fingerprint density at radius 1 is 0.955 bits per heavy atom. The van der Waals surface area contributed by atoms with E-state index in [0.717, 1.165) is 23.8 Å². The molecule has 0 saturated heterocycles. The van der Waals surface area contributed by atoms with Crippen LogP contribution in [0.4, 0.5) is 5.69 Å². The predicted molar refractivity (Wildman–Crippen MR) is 173 cm³/mol. The second kappa shape index (κ2) is 15.3. The number of nitrogens with one attached hydrogen (secondary N) is 1. The first-order valence-corrected chi connectivity index (χ1v) is 17.0. The quantitative estimate of drug-likeness (QED) is 0.259. The van der Waals surface area contributed by atoms with E-state index in [9.17, 15) is 18.0 Å². The molecule has 2 unspecified atom stereocenters. The molecule has 2 amide bonds. The highest BCUT2D eigenvalue weighted by Crippen LogP contribution is 2.35. The van der Waals surface area contributed by atoms with Crippen molar-refractivity contribution in [1.82, 2.24) is 10.2 Å². The minimum absolute atomic E-state index is 0.0338. The maximum Gasteiger partial charge on any atom is 0.243 e. The monoisotopic (exact) mass is 641 g/mol. The summed E-state index contributed by atoms with van der Waals surface area (Å²) in [5.41, 5.74) is 2.18. The average molecular weight is 642 g/mol. The Bertz CT molecular complexity index is 1520. The summed E-state index contributed by atoms with van der Waals surface area (Å²) in [5.74, 6) is 0.542. The molecular weight excluding hydrogens is 602 g/mol. The van der Waals surface area contributed by atoms with Crippen LogP contribution in [0.2, 0.25) is 5.02 Å². The van der Waals surface area contributed by atoms with Crippen molar-refractivity contribution in [3.8, 4) is 11.5 Å². The fourth-order valence-electron chi connectivity index (χ4n) is 4.97. The number of rotatable bonds is 14. The number of carbonyl (C=O) groups is 2. The van der Waals surface area contributed by atoms with Crippen molar-refractivity contribution in [2.75, 3.05) is 30.3 Å². The Labute approximate surface area is 265 Å². The second-order valence-corrected chi connectivity index (χ2v) is 13.3. The van der Waals surface area contributed by atoms with Gasteiger partial charge < -0.3 is 19.7 Å². The molecule has 236 valence electrons. The number of halogens is 1. The molecule has 1 aliphatic rings. The summed E-state index contributed by atoms with van der Waals surface area (Å²) < 4.78 is 38.1. The van der Waals surface area contributed by atoms with Gasteiger partial charge in [-0.1, -0.05) is 61.0 Å². The third-order valence-corrected chi connectivity index (χ3v) is 8.95. The van der Waals surface area contributed by atoms with Crippen LogP contribution in [0.15, 0.2) is 72.8 Å². The van der Waals surface area contributed by atoms with Crippen LogP contribution in [-0.4, -0.2) is 63.2 Å². The van der Waals surface area contributed by atoms with Gasteiger partial charge in [-0.3, -0.25) is 13.9 Å². The molecule has 9 nitrogen and oxygen atoms in total. The lowest BCUT2D eigenvalue weighted by Gasteiger charge is -2.33. The molecule has 1 aliphatic heterocycles. The van der Waals surface area contributed by atoms with E-state index < -0.39 is 16.1 Å². The van der Waals surface area contributed by atoms with E-state index in [2.05, 4.69) is 5.32 Å². The van der Waals surface area contributed by atoms with E-state index in [1.165, 1.54) is 4.31 Å². The lowest BCUT2D eigenvalue weighted by molar-refractivity contribution is -0.141. The highest BCUT2D eigenvalue weighted by molar-refractivity contribution is 7.92. The molecule has 0 aliphatic carbocycles. The van der Waals surface area contributed by atoms with Crippen LogP contribution < -0.4 is 19.1 Å². The molecule has 11 heteroatoms. The fraction of sp³-hybridized carbons (Fsp3) is 0.394. The van der Waals surface area contributed by atoms with E-state index >= 15 is 0 Å². The van der Waals surface area contributed by atoms with Crippen LogP contribution in [0.1, 0.15) is 44.2 Å². The van der Waals surface area contributed by atoms with Gasteiger partial charge in [-0.15, -0.1) is 0 Å². The van der Waals surface area contributed by atoms with Gasteiger partial charge in [0.15, 0.2) is 11.5 Å². The number of carbonyl (C=O) groups excluding carboxylic acids is 2. The van der Waals surface area contributed by atoms with Gasteiger partial charge in [0, 0.05) is 43.1 Å². The van der Waals surface area contributed by atoms with Crippen molar-refractivity contribution in [3.05, 3.63) is 88.9 Å². The molecular formula is C33H40ClN3O6S. The molecule has 0 bridgehead atoms. The Kier molecular flexibility index (Phi) is 11.5. The molecule has 3 aromatic carbocycles. The number of nitrogens with zero attached hydrogens (tertiary/aromatic N) is 2.